The lowest BCUT2D eigenvalue weighted by molar-refractivity contribution is 0.886. The molecule has 0 nitrogen and oxygen atoms in total. The van der Waals surface area contributed by atoms with Crippen molar-refractivity contribution < 1.29 is 0 Å². The van der Waals surface area contributed by atoms with E-state index in [4.69, 9.17) is 0 Å². The number of rotatable bonds is 1. The molecule has 0 saturated carbocycles. The Morgan fingerprint density at radius 3 is 1.00 bits per heavy atom. The maximum Gasteiger partial charge on any atom is -0.0564 e. The van der Waals surface area contributed by atoms with E-state index in [2.05, 4.69) is 13.8 Å². The van der Waals surface area contributed by atoms with E-state index < -0.39 is 0 Å². The molecule has 0 saturated heterocycles. The highest BCUT2D eigenvalue weighted by Gasteiger charge is 1.56. The molecule has 0 rings (SSSR count). The lowest BCUT2D eigenvalue weighted by Gasteiger charge is -1.68. The van der Waals surface area contributed by atoms with E-state index in [0.717, 1.165) is 0 Å². The second-order valence-electron chi connectivity index (χ2n) is 1.000. The van der Waals surface area contributed by atoms with Gasteiger partial charge in [-0.2, -0.15) is 19.8 Å². The Hall–Kier alpha value is 0.860. The fraction of sp³-hybridized carbons (Fsp3) is 1.00. The van der Waals surface area contributed by atoms with Crippen LogP contribution in [0.15, 0.2) is 0 Å². The molecule has 0 spiro atoms. The van der Waals surface area contributed by atoms with Gasteiger partial charge in [0.05, 0.1) is 0 Å². The maximum atomic E-state index is 2.18. The molecule has 0 N–H and O–H groups in total. The van der Waals surface area contributed by atoms with E-state index in [1.807, 2.05) is 0 Å². The fourth-order valence-corrected chi connectivity index (χ4v) is 0. The minimum atomic E-state index is 0. The molecule has 0 heterocycles. The van der Waals surface area contributed by atoms with E-state index in [0.29, 0.717) is 0 Å². The summed E-state index contributed by atoms with van der Waals surface area (Å²) >= 11 is 0. The van der Waals surface area contributed by atoms with Gasteiger partial charge in [0, 0.05) is 0 Å². The van der Waals surface area contributed by atoms with Crippen molar-refractivity contribution in [3.05, 3.63) is 0 Å². The highest BCUT2D eigenvalue weighted by Crippen LogP contribution is 1.76. The van der Waals surface area contributed by atoms with Crippen molar-refractivity contribution in [2.24, 2.45) is 0 Å². The van der Waals surface area contributed by atoms with Gasteiger partial charge in [-0.1, -0.05) is 26.7 Å². The van der Waals surface area contributed by atoms with Crippen LogP contribution in [-0.2, 0) is 0 Å². The summed E-state index contributed by atoms with van der Waals surface area (Å²) in [5, 5.41) is 0. The molecule has 0 amide bonds. The van der Waals surface area contributed by atoms with Gasteiger partial charge in [-0.25, -0.2) is 0 Å². The Bertz CT molecular complexity index is 7.51. The molecule has 42 valence electrons. The van der Waals surface area contributed by atoms with Gasteiger partial charge in [0.1, 0.15) is 0 Å². The minimum absolute atomic E-state index is 0. The highest BCUT2D eigenvalue weighted by atomic mass is 31.0. The molecule has 0 aliphatic carbocycles. The molecule has 2 atom stereocenters. The topological polar surface area (TPSA) is 0 Å². The van der Waals surface area contributed by atoms with Crippen LogP contribution >= 0.6 is 19.8 Å². The van der Waals surface area contributed by atoms with E-state index in [-0.39, 0.29) is 19.8 Å². The summed E-state index contributed by atoms with van der Waals surface area (Å²) in [6, 6.07) is 0. The molecule has 2 heteroatoms. The number of hydrogen-bond donors (Lipinski definition) is 0. The van der Waals surface area contributed by atoms with E-state index in [1.165, 1.54) is 12.8 Å². The SMILES string of the molecule is CCCC.P.P. The summed E-state index contributed by atoms with van der Waals surface area (Å²) < 4.78 is 0. The molecule has 0 aromatic carbocycles. The first-order valence-corrected chi connectivity index (χ1v) is 1.91. The van der Waals surface area contributed by atoms with Crippen LogP contribution in [0.4, 0.5) is 0 Å². The monoisotopic (exact) mass is 126 g/mol. The van der Waals surface area contributed by atoms with E-state index in [1.54, 1.807) is 0 Å². The first-order valence-electron chi connectivity index (χ1n) is 1.91. The van der Waals surface area contributed by atoms with Crippen molar-refractivity contribution in [2.75, 3.05) is 0 Å². The van der Waals surface area contributed by atoms with Crippen LogP contribution in [0.5, 0.6) is 0 Å². The summed E-state index contributed by atoms with van der Waals surface area (Å²) in [6.07, 6.45) is 2.64. The highest BCUT2D eigenvalue weighted by molar-refractivity contribution is 6.92. The lowest BCUT2D eigenvalue weighted by atomic mass is 10.4. The Kier molecular flexibility index (Phi) is 44.6. The van der Waals surface area contributed by atoms with Crippen LogP contribution in [-0.4, -0.2) is 0 Å². The summed E-state index contributed by atoms with van der Waals surface area (Å²) in [7, 11) is 0. The predicted molar refractivity (Wildman–Crippen MR) is 42.8 cm³/mol. The van der Waals surface area contributed by atoms with E-state index >= 15 is 0 Å². The molecule has 0 fully saturated rings. The summed E-state index contributed by atoms with van der Waals surface area (Å²) in [5.74, 6) is 0. The van der Waals surface area contributed by atoms with Crippen LogP contribution in [0.2, 0.25) is 0 Å². The van der Waals surface area contributed by atoms with Gasteiger partial charge >= 0.3 is 0 Å². The van der Waals surface area contributed by atoms with Crippen molar-refractivity contribution in [2.45, 2.75) is 26.7 Å². The third kappa shape index (κ3) is 20.9. The molecule has 6 heavy (non-hydrogen) atoms. The van der Waals surface area contributed by atoms with Gasteiger partial charge in [0.2, 0.25) is 0 Å². The lowest BCUT2D eigenvalue weighted by Crippen LogP contribution is -1.47. The zero-order valence-electron chi connectivity index (χ0n) is 4.83. The molecular formula is C4H16P2. The Balaban J connectivity index is -0.0000000450. The number of hydrogen-bond acceptors (Lipinski definition) is 0. The van der Waals surface area contributed by atoms with Crippen molar-refractivity contribution in [3.8, 4) is 0 Å². The Labute approximate surface area is 47.3 Å². The van der Waals surface area contributed by atoms with Gasteiger partial charge in [0.25, 0.3) is 0 Å². The summed E-state index contributed by atoms with van der Waals surface area (Å²) in [6.45, 7) is 4.36. The standard InChI is InChI=1S/C4H10.2H3P/c1-3-4-2;;/h3-4H2,1-2H3;2*1H3. The molecule has 0 aliphatic heterocycles. The summed E-state index contributed by atoms with van der Waals surface area (Å²) in [5.41, 5.74) is 0. The Morgan fingerprint density at radius 1 is 0.833 bits per heavy atom. The molecule has 0 radical (unpaired) electrons. The summed E-state index contributed by atoms with van der Waals surface area (Å²) in [4.78, 5) is 0. The van der Waals surface area contributed by atoms with Gasteiger partial charge in [-0.3, -0.25) is 0 Å². The molecule has 0 aromatic heterocycles. The zero-order valence-corrected chi connectivity index (χ0v) is 7.66. The van der Waals surface area contributed by atoms with Crippen LogP contribution in [0.3, 0.4) is 0 Å². The van der Waals surface area contributed by atoms with Crippen molar-refractivity contribution in [3.63, 3.8) is 0 Å². The van der Waals surface area contributed by atoms with E-state index in [9.17, 15) is 0 Å². The largest absolute Gasteiger partial charge is 0.153 e. The normalized spacial score (nSPS) is 5.00. The van der Waals surface area contributed by atoms with Crippen molar-refractivity contribution in [1.29, 1.82) is 0 Å². The van der Waals surface area contributed by atoms with Gasteiger partial charge in [0.15, 0.2) is 0 Å². The van der Waals surface area contributed by atoms with Crippen LogP contribution in [0.1, 0.15) is 26.7 Å². The third-order valence-electron chi connectivity index (χ3n) is 0.500. The smallest absolute Gasteiger partial charge is 0.0564 e. The van der Waals surface area contributed by atoms with Crippen LogP contribution in [0.25, 0.3) is 0 Å². The average Bonchev–Trinajstić information content (AvgIpc) is 1.37. The second-order valence-corrected chi connectivity index (χ2v) is 1.000. The average molecular weight is 126 g/mol. The van der Waals surface area contributed by atoms with Crippen LogP contribution in [0, 0.1) is 0 Å². The molecular weight excluding hydrogens is 110 g/mol. The minimum Gasteiger partial charge on any atom is -0.153 e. The molecule has 2 unspecified atom stereocenters. The fourth-order valence-electron chi connectivity index (χ4n) is 0. The maximum absolute atomic E-state index is 2.18. The zero-order chi connectivity index (χ0) is 3.41. The van der Waals surface area contributed by atoms with Gasteiger partial charge < -0.3 is 0 Å². The quantitative estimate of drug-likeness (QED) is 0.471. The number of unbranched alkanes of at least 4 members (excludes halogenated alkanes) is 1. The first kappa shape index (κ1) is 15.8. The first-order chi connectivity index (χ1) is 1.91. The second kappa shape index (κ2) is 16.9. The van der Waals surface area contributed by atoms with Gasteiger partial charge in [-0.05, 0) is 0 Å². The van der Waals surface area contributed by atoms with Gasteiger partial charge in [-0.15, -0.1) is 0 Å². The molecule has 0 aliphatic rings. The Morgan fingerprint density at radius 2 is 1.00 bits per heavy atom. The third-order valence-corrected chi connectivity index (χ3v) is 0.500. The predicted octanol–water partition coefficient (Wildman–Crippen LogP) is 1.92. The molecule has 0 aromatic rings. The molecule has 0 bridgehead atoms. The van der Waals surface area contributed by atoms with Crippen molar-refractivity contribution >= 4 is 19.8 Å². The van der Waals surface area contributed by atoms with Crippen molar-refractivity contribution in [1.82, 2.24) is 0 Å². The van der Waals surface area contributed by atoms with Crippen LogP contribution < -0.4 is 0 Å².